The molecule has 262 valence electrons. The smallest absolute Gasteiger partial charge is 0.000718 e. The maximum absolute atomic E-state index is 2.39. The van der Waals surface area contributed by atoms with Crippen LogP contribution in [0.1, 0.15) is 33.4 Å². The van der Waals surface area contributed by atoms with Crippen LogP contribution in [0, 0.1) is 13.8 Å². The van der Waals surface area contributed by atoms with E-state index in [1.165, 1.54) is 120 Å². The number of rotatable bonds is 6. The summed E-state index contributed by atoms with van der Waals surface area (Å²) in [5.41, 5.74) is 12.6. The van der Waals surface area contributed by atoms with Crippen molar-refractivity contribution in [2.24, 2.45) is 0 Å². The zero-order chi connectivity index (χ0) is 37.3. The van der Waals surface area contributed by atoms with Crippen LogP contribution in [-0.2, 0) is 0 Å². The van der Waals surface area contributed by atoms with Gasteiger partial charge in [0.1, 0.15) is 0 Å². The molecule has 0 heterocycles. The van der Waals surface area contributed by atoms with E-state index in [2.05, 4.69) is 208 Å². The van der Waals surface area contributed by atoms with Crippen molar-refractivity contribution in [2.45, 2.75) is 13.8 Å². The predicted molar refractivity (Wildman–Crippen MR) is 245 cm³/mol. The molecule has 0 aliphatic heterocycles. The number of fused-ring (bicyclic) bond motifs is 6. The lowest BCUT2D eigenvalue weighted by atomic mass is 9.86. The van der Waals surface area contributed by atoms with Crippen LogP contribution in [0.4, 0.5) is 0 Å². The minimum Gasteiger partial charge on any atom is -0.0622 e. The second-order valence-electron chi connectivity index (χ2n) is 15.3. The van der Waals surface area contributed by atoms with Gasteiger partial charge in [-0.25, -0.2) is 0 Å². The first kappa shape index (κ1) is 32.4. The van der Waals surface area contributed by atoms with Crippen molar-refractivity contribution in [1.82, 2.24) is 0 Å². The van der Waals surface area contributed by atoms with Gasteiger partial charge in [0.25, 0.3) is 0 Å². The average molecular weight is 711 g/mol. The summed E-state index contributed by atoms with van der Waals surface area (Å²) in [5, 5.41) is 15.8. The average Bonchev–Trinajstić information content (AvgIpc) is 3.75. The summed E-state index contributed by atoms with van der Waals surface area (Å²) < 4.78 is 0. The monoisotopic (exact) mass is 710 g/mol. The third-order valence-electron chi connectivity index (χ3n) is 11.8. The minimum absolute atomic E-state index is 1.20. The first-order valence-electron chi connectivity index (χ1n) is 19.6. The van der Waals surface area contributed by atoms with Crippen LogP contribution in [0.3, 0.4) is 0 Å². The SMILES string of the molecule is Cc1cccc(-c2c3c4cccc5c(C=Cc6ccccc6)ccc(c3c(-c3cccc(C)c3)c3c6ccc(C=Cc7ccccc7)c7cccc(c23)c76)c54)c1. The van der Waals surface area contributed by atoms with Gasteiger partial charge in [-0.2, -0.15) is 0 Å². The number of hydrogen-bond acceptors (Lipinski definition) is 0. The molecule has 56 heavy (non-hydrogen) atoms. The second-order valence-corrected chi connectivity index (χ2v) is 15.3. The molecule has 0 unspecified atom stereocenters. The first-order valence-corrected chi connectivity index (χ1v) is 19.6. The highest BCUT2D eigenvalue weighted by atomic mass is 14.3. The maximum Gasteiger partial charge on any atom is -0.000718 e. The van der Waals surface area contributed by atoms with E-state index in [1.807, 2.05) is 0 Å². The molecule has 0 aliphatic rings. The van der Waals surface area contributed by atoms with Gasteiger partial charge < -0.3 is 0 Å². The molecule has 0 aliphatic carbocycles. The fourth-order valence-electron chi connectivity index (χ4n) is 9.49. The molecule has 0 saturated heterocycles. The Morgan fingerprint density at radius 1 is 0.286 bits per heavy atom. The highest BCUT2D eigenvalue weighted by molar-refractivity contribution is 6.47. The minimum atomic E-state index is 1.20. The number of aryl methyl sites for hydroxylation is 2. The summed E-state index contributed by atoms with van der Waals surface area (Å²) in [7, 11) is 0. The molecule has 0 N–H and O–H groups in total. The summed E-state index contributed by atoms with van der Waals surface area (Å²) in [4.78, 5) is 0. The molecule has 0 amide bonds. The fraction of sp³-hybridized carbons (Fsp3) is 0.0357. The molecule has 0 radical (unpaired) electrons. The highest BCUT2D eigenvalue weighted by Gasteiger charge is 2.28. The molecule has 0 atom stereocenters. The topological polar surface area (TPSA) is 0 Å². The van der Waals surface area contributed by atoms with Gasteiger partial charge in [0.15, 0.2) is 0 Å². The van der Waals surface area contributed by atoms with Crippen molar-refractivity contribution in [3.8, 4) is 22.3 Å². The van der Waals surface area contributed by atoms with E-state index in [9.17, 15) is 0 Å². The van der Waals surface area contributed by atoms with Crippen LogP contribution in [0.2, 0.25) is 0 Å². The molecule has 0 aromatic heterocycles. The largest absolute Gasteiger partial charge is 0.0622 e. The Morgan fingerprint density at radius 2 is 0.661 bits per heavy atom. The van der Waals surface area contributed by atoms with Crippen molar-refractivity contribution in [1.29, 1.82) is 0 Å². The molecule has 0 bridgehead atoms. The zero-order valence-electron chi connectivity index (χ0n) is 31.5. The number of benzene rings is 9. The standard InChI is InChI=1S/C56H38/c1-35-13-9-19-41(33-35)49-53-45-23-11-21-43-39(27-25-37-15-5-3-6-16-37)29-31-47(51(43)45)55(53)50(42-20-10-14-36(2)34-42)56-48-32-30-40(28-26-38-17-7-4-8-18-38)44-22-12-24-46(52(44)48)54(49)56/h3-34H,1-2H3. The van der Waals surface area contributed by atoms with E-state index < -0.39 is 0 Å². The molecule has 0 saturated carbocycles. The summed E-state index contributed by atoms with van der Waals surface area (Å²) in [5.74, 6) is 0. The third-order valence-corrected chi connectivity index (χ3v) is 11.8. The van der Waals surface area contributed by atoms with E-state index in [0.29, 0.717) is 0 Å². The van der Waals surface area contributed by atoms with Crippen molar-refractivity contribution in [3.63, 3.8) is 0 Å². The Hall–Kier alpha value is -7.02. The summed E-state index contributed by atoms with van der Waals surface area (Å²) in [6.45, 7) is 4.43. The van der Waals surface area contributed by atoms with Crippen molar-refractivity contribution in [2.75, 3.05) is 0 Å². The molecule has 0 spiro atoms. The Morgan fingerprint density at radius 3 is 1.07 bits per heavy atom. The summed E-state index contributed by atoms with van der Waals surface area (Å²) in [6.07, 6.45) is 9.03. The van der Waals surface area contributed by atoms with Gasteiger partial charge >= 0.3 is 0 Å². The van der Waals surface area contributed by atoms with Crippen molar-refractivity contribution in [3.05, 3.63) is 203 Å². The van der Waals surface area contributed by atoms with Gasteiger partial charge in [0, 0.05) is 0 Å². The molecule has 0 heteroatoms. The second kappa shape index (κ2) is 12.8. The van der Waals surface area contributed by atoms with Crippen LogP contribution in [0.5, 0.6) is 0 Å². The number of hydrogen-bond donors (Lipinski definition) is 0. The third kappa shape index (κ3) is 5.00. The first-order chi connectivity index (χ1) is 27.6. The van der Waals surface area contributed by atoms with Crippen molar-refractivity contribution >= 4 is 88.9 Å². The van der Waals surface area contributed by atoms with Gasteiger partial charge in [-0.3, -0.25) is 0 Å². The van der Waals surface area contributed by atoms with E-state index in [4.69, 9.17) is 0 Å². The molecule has 0 fully saturated rings. The van der Waals surface area contributed by atoms with E-state index in [0.717, 1.165) is 0 Å². The molecular weight excluding hydrogens is 673 g/mol. The Labute approximate surface area is 327 Å². The van der Waals surface area contributed by atoms with Gasteiger partial charge in [0.2, 0.25) is 0 Å². The predicted octanol–water partition coefficient (Wildman–Crippen LogP) is 15.8. The lowest BCUT2D eigenvalue weighted by molar-refractivity contribution is 1.47. The molecule has 11 aromatic carbocycles. The van der Waals surface area contributed by atoms with Crippen LogP contribution in [-0.4, -0.2) is 0 Å². The van der Waals surface area contributed by atoms with Gasteiger partial charge in [-0.15, -0.1) is 0 Å². The Bertz CT molecular complexity index is 3060. The fourth-order valence-corrected chi connectivity index (χ4v) is 9.49. The van der Waals surface area contributed by atoms with E-state index in [-0.39, 0.29) is 0 Å². The van der Waals surface area contributed by atoms with Gasteiger partial charge in [-0.1, -0.05) is 205 Å². The van der Waals surface area contributed by atoms with Crippen LogP contribution < -0.4 is 0 Å². The Kier molecular flexibility index (Phi) is 7.41. The van der Waals surface area contributed by atoms with E-state index in [1.54, 1.807) is 0 Å². The molecule has 11 rings (SSSR count). The van der Waals surface area contributed by atoms with Crippen molar-refractivity contribution < 1.29 is 0 Å². The lowest BCUT2D eigenvalue weighted by Crippen LogP contribution is -1.89. The summed E-state index contributed by atoms with van der Waals surface area (Å²) >= 11 is 0. The molecular formula is C56H38. The Balaban J connectivity index is 1.33. The maximum atomic E-state index is 2.39. The molecule has 11 aromatic rings. The quantitative estimate of drug-likeness (QED) is 0.151. The molecule has 0 nitrogen and oxygen atoms in total. The van der Waals surface area contributed by atoms with Gasteiger partial charge in [0.05, 0.1) is 0 Å². The van der Waals surface area contributed by atoms with Crippen LogP contribution >= 0.6 is 0 Å². The lowest BCUT2D eigenvalue weighted by Gasteiger charge is -2.16. The van der Waals surface area contributed by atoms with Crippen LogP contribution in [0.25, 0.3) is 111 Å². The normalized spacial score (nSPS) is 12.3. The highest BCUT2D eigenvalue weighted by Crippen LogP contribution is 2.56. The van der Waals surface area contributed by atoms with Gasteiger partial charge in [-0.05, 0) is 123 Å². The van der Waals surface area contributed by atoms with Crippen LogP contribution in [0.15, 0.2) is 170 Å². The summed E-state index contributed by atoms with van der Waals surface area (Å²) in [6, 6.07) is 62.8. The zero-order valence-corrected chi connectivity index (χ0v) is 31.5. The van der Waals surface area contributed by atoms with E-state index >= 15 is 0 Å².